The van der Waals surface area contributed by atoms with Gasteiger partial charge in [0, 0.05) is 11.1 Å². The first-order chi connectivity index (χ1) is 9.74. The molecule has 2 rings (SSSR count). The van der Waals surface area contributed by atoms with Crippen LogP contribution in [0.4, 0.5) is 0 Å². The van der Waals surface area contributed by atoms with E-state index >= 15 is 0 Å². The van der Waals surface area contributed by atoms with E-state index in [4.69, 9.17) is 16.3 Å². The Bertz CT molecular complexity index is 542. The number of benzene rings is 2. The Kier molecular flexibility index (Phi) is 5.45. The second-order valence-electron chi connectivity index (χ2n) is 4.68. The van der Waals surface area contributed by atoms with Gasteiger partial charge >= 0.3 is 0 Å². The van der Waals surface area contributed by atoms with Crippen LogP contribution in [-0.4, -0.2) is 13.7 Å². The number of ether oxygens (including phenoxy) is 1. The number of hydrogen-bond acceptors (Lipinski definition) is 2. The first-order valence-corrected chi connectivity index (χ1v) is 7.23. The molecule has 1 unspecified atom stereocenters. The van der Waals surface area contributed by atoms with Crippen molar-refractivity contribution in [2.24, 2.45) is 0 Å². The average molecular weight is 290 g/mol. The number of methoxy groups -OCH3 is 1. The molecule has 0 amide bonds. The van der Waals surface area contributed by atoms with E-state index in [1.165, 1.54) is 5.56 Å². The van der Waals surface area contributed by atoms with E-state index in [9.17, 15) is 0 Å². The van der Waals surface area contributed by atoms with Crippen molar-refractivity contribution in [3.8, 4) is 5.75 Å². The highest BCUT2D eigenvalue weighted by atomic mass is 35.5. The largest absolute Gasteiger partial charge is 0.496 e. The van der Waals surface area contributed by atoms with Gasteiger partial charge < -0.3 is 10.1 Å². The van der Waals surface area contributed by atoms with Gasteiger partial charge in [-0.25, -0.2) is 0 Å². The Balaban J connectivity index is 2.26. The van der Waals surface area contributed by atoms with Crippen LogP contribution in [0.1, 0.15) is 24.1 Å². The lowest BCUT2D eigenvalue weighted by Gasteiger charge is -2.20. The molecule has 2 aromatic carbocycles. The molecule has 0 saturated carbocycles. The van der Waals surface area contributed by atoms with Crippen LogP contribution in [0.5, 0.6) is 5.75 Å². The third-order valence-corrected chi connectivity index (χ3v) is 3.55. The topological polar surface area (TPSA) is 21.3 Å². The fraction of sp³-hybridized carbons (Fsp3) is 0.294. The van der Waals surface area contributed by atoms with Crippen molar-refractivity contribution in [1.82, 2.24) is 5.32 Å². The summed E-state index contributed by atoms with van der Waals surface area (Å²) in [5.41, 5.74) is 2.39. The van der Waals surface area contributed by atoms with E-state index in [0.717, 1.165) is 29.3 Å². The molecule has 1 N–H and O–H groups in total. The molecule has 0 fully saturated rings. The highest BCUT2D eigenvalue weighted by molar-refractivity contribution is 6.30. The third kappa shape index (κ3) is 3.75. The van der Waals surface area contributed by atoms with E-state index in [2.05, 4.69) is 36.5 Å². The van der Waals surface area contributed by atoms with Gasteiger partial charge in [0.1, 0.15) is 5.75 Å². The first kappa shape index (κ1) is 14.9. The van der Waals surface area contributed by atoms with Gasteiger partial charge in [-0.05, 0) is 42.3 Å². The zero-order valence-corrected chi connectivity index (χ0v) is 12.7. The summed E-state index contributed by atoms with van der Waals surface area (Å²) < 4.78 is 5.43. The summed E-state index contributed by atoms with van der Waals surface area (Å²) in [5.74, 6) is 0.883. The van der Waals surface area contributed by atoms with Crippen molar-refractivity contribution in [3.05, 3.63) is 64.7 Å². The Morgan fingerprint density at radius 2 is 1.90 bits per heavy atom. The van der Waals surface area contributed by atoms with Gasteiger partial charge in [0.05, 0.1) is 7.11 Å². The van der Waals surface area contributed by atoms with Crippen LogP contribution in [-0.2, 0) is 6.42 Å². The molecule has 2 aromatic rings. The summed E-state index contributed by atoms with van der Waals surface area (Å²) in [5, 5.41) is 4.26. The molecule has 0 aliphatic carbocycles. The van der Waals surface area contributed by atoms with Gasteiger partial charge in [0.25, 0.3) is 0 Å². The van der Waals surface area contributed by atoms with Gasteiger partial charge in [0.2, 0.25) is 0 Å². The molecule has 0 aliphatic rings. The van der Waals surface area contributed by atoms with Crippen molar-refractivity contribution in [2.75, 3.05) is 13.7 Å². The maximum Gasteiger partial charge on any atom is 0.122 e. The lowest BCUT2D eigenvalue weighted by molar-refractivity contribution is 0.405. The SMILES string of the molecule is CCNC(Cc1cc(Cl)ccc1OC)c1ccccc1. The summed E-state index contributed by atoms with van der Waals surface area (Å²) in [6, 6.07) is 16.5. The lowest BCUT2D eigenvalue weighted by atomic mass is 9.98. The quantitative estimate of drug-likeness (QED) is 0.859. The Morgan fingerprint density at radius 3 is 2.55 bits per heavy atom. The van der Waals surface area contributed by atoms with E-state index in [-0.39, 0.29) is 6.04 Å². The van der Waals surface area contributed by atoms with Crippen molar-refractivity contribution >= 4 is 11.6 Å². The fourth-order valence-electron chi connectivity index (χ4n) is 2.37. The van der Waals surface area contributed by atoms with Crippen LogP contribution in [0.2, 0.25) is 5.02 Å². The molecule has 0 heterocycles. The molecule has 0 saturated heterocycles. The molecule has 20 heavy (non-hydrogen) atoms. The van der Waals surface area contributed by atoms with E-state index in [0.29, 0.717) is 0 Å². The van der Waals surface area contributed by atoms with Crippen molar-refractivity contribution in [3.63, 3.8) is 0 Å². The maximum absolute atomic E-state index is 6.10. The van der Waals surface area contributed by atoms with Crippen molar-refractivity contribution in [2.45, 2.75) is 19.4 Å². The van der Waals surface area contributed by atoms with Crippen molar-refractivity contribution in [1.29, 1.82) is 0 Å². The predicted molar refractivity (Wildman–Crippen MR) is 84.6 cm³/mol. The second-order valence-corrected chi connectivity index (χ2v) is 5.12. The second kappa shape index (κ2) is 7.32. The van der Waals surface area contributed by atoms with Gasteiger partial charge in [0.15, 0.2) is 0 Å². The Labute approximate surface area is 125 Å². The monoisotopic (exact) mass is 289 g/mol. The van der Waals surface area contributed by atoms with Gasteiger partial charge in [-0.2, -0.15) is 0 Å². The molecular formula is C17H20ClNO. The molecule has 0 radical (unpaired) electrons. The lowest BCUT2D eigenvalue weighted by Crippen LogP contribution is -2.23. The summed E-state index contributed by atoms with van der Waals surface area (Å²) in [6.07, 6.45) is 0.849. The molecule has 0 bridgehead atoms. The molecule has 0 spiro atoms. The van der Waals surface area contributed by atoms with Crippen LogP contribution in [0, 0.1) is 0 Å². The number of halogens is 1. The molecule has 3 heteroatoms. The van der Waals surface area contributed by atoms with Crippen LogP contribution in [0.25, 0.3) is 0 Å². The summed E-state index contributed by atoms with van der Waals surface area (Å²) in [6.45, 7) is 3.04. The van der Waals surface area contributed by atoms with Gasteiger partial charge in [-0.15, -0.1) is 0 Å². The van der Waals surface area contributed by atoms with E-state index < -0.39 is 0 Å². The number of hydrogen-bond donors (Lipinski definition) is 1. The highest BCUT2D eigenvalue weighted by Gasteiger charge is 2.14. The number of nitrogens with one attached hydrogen (secondary N) is 1. The summed E-state index contributed by atoms with van der Waals surface area (Å²) in [4.78, 5) is 0. The minimum absolute atomic E-state index is 0.258. The van der Waals surface area contributed by atoms with Crippen LogP contribution in [0.15, 0.2) is 48.5 Å². The fourth-order valence-corrected chi connectivity index (χ4v) is 2.56. The Hall–Kier alpha value is -1.51. The molecule has 0 aliphatic heterocycles. The number of likely N-dealkylation sites (N-methyl/N-ethyl adjacent to an activating group) is 1. The first-order valence-electron chi connectivity index (χ1n) is 6.85. The van der Waals surface area contributed by atoms with E-state index in [1.54, 1.807) is 7.11 Å². The molecular weight excluding hydrogens is 270 g/mol. The predicted octanol–water partition coefficient (Wildman–Crippen LogP) is 4.24. The minimum Gasteiger partial charge on any atom is -0.496 e. The average Bonchev–Trinajstić information content (AvgIpc) is 2.48. The molecule has 2 nitrogen and oxygen atoms in total. The molecule has 1 atom stereocenters. The smallest absolute Gasteiger partial charge is 0.122 e. The maximum atomic E-state index is 6.10. The Morgan fingerprint density at radius 1 is 1.15 bits per heavy atom. The highest BCUT2D eigenvalue weighted by Crippen LogP contribution is 2.27. The number of rotatable bonds is 6. The zero-order chi connectivity index (χ0) is 14.4. The van der Waals surface area contributed by atoms with Gasteiger partial charge in [-0.3, -0.25) is 0 Å². The molecule has 106 valence electrons. The van der Waals surface area contributed by atoms with Gasteiger partial charge in [-0.1, -0.05) is 48.9 Å². The van der Waals surface area contributed by atoms with Crippen LogP contribution >= 0.6 is 11.6 Å². The molecule has 0 aromatic heterocycles. The summed E-state index contributed by atoms with van der Waals surface area (Å²) in [7, 11) is 1.69. The normalized spacial score (nSPS) is 12.2. The minimum atomic E-state index is 0.258. The standard InChI is InChI=1S/C17H20ClNO/c1-3-19-16(13-7-5-4-6-8-13)12-14-11-15(18)9-10-17(14)20-2/h4-11,16,19H,3,12H2,1-2H3. The van der Waals surface area contributed by atoms with Crippen molar-refractivity contribution < 1.29 is 4.74 Å². The summed E-state index contributed by atoms with van der Waals surface area (Å²) >= 11 is 6.10. The van der Waals surface area contributed by atoms with Crippen LogP contribution < -0.4 is 10.1 Å². The van der Waals surface area contributed by atoms with E-state index in [1.807, 2.05) is 24.3 Å². The third-order valence-electron chi connectivity index (χ3n) is 3.32. The zero-order valence-electron chi connectivity index (χ0n) is 11.9. The van der Waals surface area contributed by atoms with Crippen LogP contribution in [0.3, 0.4) is 0 Å².